The molecule has 114 valence electrons. The second kappa shape index (κ2) is 5.57. The van der Waals surface area contributed by atoms with E-state index in [1.807, 2.05) is 12.1 Å². The van der Waals surface area contributed by atoms with Gasteiger partial charge in [0.25, 0.3) is 0 Å². The second-order valence-corrected chi connectivity index (χ2v) is 7.70. The molecular weight excluding hydrogens is 280 g/mol. The first-order valence-corrected chi connectivity index (χ1v) is 8.86. The van der Waals surface area contributed by atoms with E-state index in [1.54, 1.807) is 0 Å². The highest BCUT2D eigenvalue weighted by Crippen LogP contribution is 2.41. The Labute approximate surface area is 132 Å². The number of halogens is 1. The summed E-state index contributed by atoms with van der Waals surface area (Å²) >= 11 is 6.02. The van der Waals surface area contributed by atoms with Crippen molar-refractivity contribution in [2.75, 3.05) is 13.1 Å². The van der Waals surface area contributed by atoms with E-state index in [9.17, 15) is 0 Å². The zero-order chi connectivity index (χ0) is 14.3. The van der Waals surface area contributed by atoms with E-state index in [0.717, 1.165) is 23.5 Å². The average molecular weight is 305 g/mol. The number of nitrogens with one attached hydrogen (secondary N) is 1. The summed E-state index contributed by atoms with van der Waals surface area (Å²) in [6.07, 6.45) is 8.38. The van der Waals surface area contributed by atoms with Gasteiger partial charge in [0.1, 0.15) is 0 Å². The minimum Gasteiger partial charge on any atom is -0.311 e. The standard InChI is InChI=1S/C18H25ClN2/c19-16-7-3-14(4-8-16)11-21-12-17(15-5-6-15)20-13-18(21)9-1-2-10-18/h3-4,7-8,15,17,20H,1-2,5-6,9-13H2. The minimum absolute atomic E-state index is 0.422. The van der Waals surface area contributed by atoms with Gasteiger partial charge in [-0.25, -0.2) is 0 Å². The lowest BCUT2D eigenvalue weighted by Crippen LogP contribution is -2.63. The van der Waals surface area contributed by atoms with Crippen LogP contribution < -0.4 is 5.32 Å². The van der Waals surface area contributed by atoms with E-state index in [2.05, 4.69) is 22.3 Å². The molecule has 0 radical (unpaired) electrons. The first kappa shape index (κ1) is 14.0. The van der Waals surface area contributed by atoms with Gasteiger partial charge in [-0.15, -0.1) is 0 Å². The Morgan fingerprint density at radius 2 is 1.86 bits per heavy atom. The molecule has 0 amide bonds. The predicted molar refractivity (Wildman–Crippen MR) is 87.6 cm³/mol. The van der Waals surface area contributed by atoms with Gasteiger partial charge < -0.3 is 5.32 Å². The van der Waals surface area contributed by atoms with Gasteiger partial charge >= 0.3 is 0 Å². The van der Waals surface area contributed by atoms with Crippen LogP contribution in [-0.2, 0) is 6.54 Å². The van der Waals surface area contributed by atoms with Crippen LogP contribution in [0.2, 0.25) is 5.02 Å². The molecule has 1 aliphatic heterocycles. The van der Waals surface area contributed by atoms with Gasteiger partial charge in [0.05, 0.1) is 0 Å². The van der Waals surface area contributed by atoms with Gasteiger partial charge in [-0.2, -0.15) is 0 Å². The third-order valence-corrected chi connectivity index (χ3v) is 6.05. The minimum atomic E-state index is 0.422. The fraction of sp³-hybridized carbons (Fsp3) is 0.667. The summed E-state index contributed by atoms with van der Waals surface area (Å²) in [5.74, 6) is 0.941. The fourth-order valence-corrected chi connectivity index (χ4v) is 4.44. The van der Waals surface area contributed by atoms with E-state index >= 15 is 0 Å². The molecule has 3 aliphatic rings. The molecule has 1 saturated heterocycles. The predicted octanol–water partition coefficient (Wildman–Crippen LogP) is 3.84. The highest BCUT2D eigenvalue weighted by atomic mass is 35.5. The van der Waals surface area contributed by atoms with Crippen LogP contribution in [-0.4, -0.2) is 29.6 Å². The molecule has 0 aromatic heterocycles. The molecule has 1 N–H and O–H groups in total. The smallest absolute Gasteiger partial charge is 0.0406 e. The van der Waals surface area contributed by atoms with Gasteiger partial charge in [0, 0.05) is 36.2 Å². The molecule has 1 spiro atoms. The van der Waals surface area contributed by atoms with Crippen molar-refractivity contribution in [2.24, 2.45) is 5.92 Å². The van der Waals surface area contributed by atoms with Crippen molar-refractivity contribution in [1.29, 1.82) is 0 Å². The molecule has 2 saturated carbocycles. The Morgan fingerprint density at radius 3 is 2.52 bits per heavy atom. The largest absolute Gasteiger partial charge is 0.311 e. The maximum Gasteiger partial charge on any atom is 0.0406 e. The van der Waals surface area contributed by atoms with Crippen molar-refractivity contribution in [2.45, 2.75) is 56.7 Å². The van der Waals surface area contributed by atoms with Gasteiger partial charge in [0.15, 0.2) is 0 Å². The van der Waals surface area contributed by atoms with Crippen LogP contribution >= 0.6 is 11.6 Å². The quantitative estimate of drug-likeness (QED) is 0.913. The normalized spacial score (nSPS) is 29.1. The molecular formula is C18H25ClN2. The molecule has 21 heavy (non-hydrogen) atoms. The summed E-state index contributed by atoms with van der Waals surface area (Å²) in [7, 11) is 0. The van der Waals surface area contributed by atoms with Gasteiger partial charge in [-0.1, -0.05) is 36.6 Å². The van der Waals surface area contributed by atoms with Crippen molar-refractivity contribution in [1.82, 2.24) is 10.2 Å². The Bertz CT molecular complexity index is 488. The molecule has 1 aromatic carbocycles. The Morgan fingerprint density at radius 1 is 1.14 bits per heavy atom. The first-order chi connectivity index (χ1) is 10.3. The number of rotatable bonds is 3. The van der Waals surface area contributed by atoms with E-state index in [-0.39, 0.29) is 0 Å². The lowest BCUT2D eigenvalue weighted by molar-refractivity contribution is 0.0311. The number of nitrogens with zero attached hydrogens (tertiary/aromatic N) is 1. The highest BCUT2D eigenvalue weighted by Gasteiger charge is 2.46. The van der Waals surface area contributed by atoms with Crippen LogP contribution in [0.25, 0.3) is 0 Å². The molecule has 3 heteroatoms. The van der Waals surface area contributed by atoms with Gasteiger partial charge in [-0.3, -0.25) is 4.90 Å². The van der Waals surface area contributed by atoms with Crippen molar-refractivity contribution in [3.05, 3.63) is 34.9 Å². The topological polar surface area (TPSA) is 15.3 Å². The zero-order valence-corrected chi connectivity index (χ0v) is 13.4. The Hall–Kier alpha value is -0.570. The highest BCUT2D eigenvalue weighted by molar-refractivity contribution is 6.30. The zero-order valence-electron chi connectivity index (χ0n) is 12.7. The molecule has 1 heterocycles. The molecule has 1 atom stereocenters. The Kier molecular flexibility index (Phi) is 3.72. The van der Waals surface area contributed by atoms with Crippen molar-refractivity contribution >= 4 is 11.6 Å². The Balaban J connectivity index is 1.53. The van der Waals surface area contributed by atoms with Crippen LogP contribution in [0.15, 0.2) is 24.3 Å². The maximum absolute atomic E-state index is 6.02. The van der Waals surface area contributed by atoms with Crippen molar-refractivity contribution in [3.8, 4) is 0 Å². The van der Waals surface area contributed by atoms with Crippen LogP contribution in [0, 0.1) is 5.92 Å². The maximum atomic E-state index is 6.02. The molecule has 0 bridgehead atoms. The summed E-state index contributed by atoms with van der Waals surface area (Å²) in [6, 6.07) is 9.17. The van der Waals surface area contributed by atoms with Gasteiger partial charge in [0.2, 0.25) is 0 Å². The van der Waals surface area contributed by atoms with Gasteiger partial charge in [-0.05, 0) is 49.3 Å². The summed E-state index contributed by atoms with van der Waals surface area (Å²) in [4.78, 5) is 2.79. The SMILES string of the molecule is Clc1ccc(CN2CC(C3CC3)NCC23CCCC3)cc1. The third kappa shape index (κ3) is 2.86. The van der Waals surface area contributed by atoms with Crippen LogP contribution in [0.4, 0.5) is 0 Å². The third-order valence-electron chi connectivity index (χ3n) is 5.79. The monoisotopic (exact) mass is 304 g/mol. The van der Waals surface area contributed by atoms with Crippen molar-refractivity contribution in [3.63, 3.8) is 0 Å². The van der Waals surface area contributed by atoms with Crippen molar-refractivity contribution < 1.29 is 0 Å². The van der Waals surface area contributed by atoms with Crippen LogP contribution in [0.1, 0.15) is 44.1 Å². The molecule has 1 aromatic rings. The average Bonchev–Trinajstić information content (AvgIpc) is 3.24. The molecule has 4 rings (SSSR count). The molecule has 2 aliphatic carbocycles. The summed E-state index contributed by atoms with van der Waals surface area (Å²) < 4.78 is 0. The summed E-state index contributed by atoms with van der Waals surface area (Å²) in [6.45, 7) is 3.51. The number of piperazine rings is 1. The number of benzene rings is 1. The number of hydrogen-bond donors (Lipinski definition) is 1. The van der Waals surface area contributed by atoms with E-state index < -0.39 is 0 Å². The number of hydrogen-bond acceptors (Lipinski definition) is 2. The first-order valence-electron chi connectivity index (χ1n) is 8.48. The van der Waals surface area contributed by atoms with E-state index in [4.69, 9.17) is 11.6 Å². The summed E-state index contributed by atoms with van der Waals surface area (Å²) in [5.41, 5.74) is 1.83. The second-order valence-electron chi connectivity index (χ2n) is 7.26. The lowest BCUT2D eigenvalue weighted by atomic mass is 9.89. The lowest BCUT2D eigenvalue weighted by Gasteiger charge is -2.48. The van der Waals surface area contributed by atoms with Crippen LogP contribution in [0.3, 0.4) is 0 Å². The van der Waals surface area contributed by atoms with E-state index in [1.165, 1.54) is 57.2 Å². The van der Waals surface area contributed by atoms with E-state index in [0.29, 0.717) is 5.54 Å². The molecule has 1 unspecified atom stereocenters. The molecule has 2 nitrogen and oxygen atoms in total. The fourth-order valence-electron chi connectivity index (χ4n) is 4.31. The summed E-state index contributed by atoms with van der Waals surface area (Å²) in [5, 5.41) is 4.71. The molecule has 3 fully saturated rings. The van der Waals surface area contributed by atoms with Crippen LogP contribution in [0.5, 0.6) is 0 Å².